The average molecular weight is 473 g/mol. The number of methoxy groups -OCH3 is 2. The third-order valence-corrected chi connectivity index (χ3v) is 6.58. The molecule has 3 heterocycles. The Kier molecular flexibility index (Phi) is 4.77. The van der Waals surface area contributed by atoms with E-state index in [1.165, 1.54) is 32.4 Å². The fourth-order valence-electron chi connectivity index (χ4n) is 4.99. The minimum absolute atomic E-state index is 0.0853. The summed E-state index contributed by atoms with van der Waals surface area (Å²) in [5.74, 6) is 0.563. The van der Waals surface area contributed by atoms with E-state index >= 15 is 0 Å². The predicted octanol–water partition coefficient (Wildman–Crippen LogP) is 4.34. The van der Waals surface area contributed by atoms with Crippen LogP contribution in [-0.2, 0) is 13.0 Å². The summed E-state index contributed by atoms with van der Waals surface area (Å²) in [6.07, 6.45) is 0.546. The Morgan fingerprint density at radius 3 is 2.54 bits per heavy atom. The molecule has 2 aliphatic rings. The topological polar surface area (TPSA) is 76.0 Å². The van der Waals surface area contributed by atoms with Gasteiger partial charge in [-0.2, -0.15) is 0 Å². The van der Waals surface area contributed by atoms with Gasteiger partial charge in [0.1, 0.15) is 5.82 Å². The molecule has 3 aromatic carbocycles. The molecule has 0 bridgehead atoms. The second-order valence-electron chi connectivity index (χ2n) is 8.33. The predicted molar refractivity (Wildman–Crippen MR) is 126 cm³/mol. The molecule has 0 radical (unpaired) electrons. The van der Waals surface area contributed by atoms with Crippen LogP contribution in [0.15, 0.2) is 53.3 Å². The van der Waals surface area contributed by atoms with E-state index < -0.39 is 11.6 Å². The van der Waals surface area contributed by atoms with E-state index in [9.17, 15) is 14.0 Å². The van der Waals surface area contributed by atoms with E-state index in [1.807, 2.05) is 6.07 Å². The molecule has 4 aromatic rings. The van der Waals surface area contributed by atoms with E-state index in [-0.39, 0.29) is 34.6 Å². The largest absolute Gasteiger partial charge is 0.493 e. The number of carbonyl (C=O) groups is 1. The van der Waals surface area contributed by atoms with Crippen LogP contribution in [-0.4, -0.2) is 31.4 Å². The summed E-state index contributed by atoms with van der Waals surface area (Å²) in [4.78, 5) is 27.8. The number of carbonyl (C=O) groups excluding carboxylic acids is 1. The van der Waals surface area contributed by atoms with Crippen LogP contribution in [0.1, 0.15) is 21.5 Å². The van der Waals surface area contributed by atoms with Gasteiger partial charge < -0.3 is 23.5 Å². The van der Waals surface area contributed by atoms with Crippen LogP contribution >= 0.6 is 0 Å². The maximum atomic E-state index is 14.8. The molecule has 0 unspecified atom stereocenters. The summed E-state index contributed by atoms with van der Waals surface area (Å²) in [7, 11) is 2.92. The third-order valence-electron chi connectivity index (χ3n) is 6.58. The summed E-state index contributed by atoms with van der Waals surface area (Å²) in [5, 5.41) is 0.567. The highest BCUT2D eigenvalue weighted by atomic mass is 19.1. The van der Waals surface area contributed by atoms with Crippen LogP contribution in [0.25, 0.3) is 22.0 Å². The number of ether oxygens (including phenoxy) is 4. The van der Waals surface area contributed by atoms with Gasteiger partial charge in [-0.3, -0.25) is 9.59 Å². The Labute approximate surface area is 199 Å². The van der Waals surface area contributed by atoms with Crippen LogP contribution in [0.5, 0.6) is 23.0 Å². The maximum absolute atomic E-state index is 14.8. The Bertz CT molecular complexity index is 1610. The van der Waals surface area contributed by atoms with E-state index in [0.717, 1.165) is 5.56 Å². The lowest BCUT2D eigenvalue weighted by molar-refractivity contribution is 0.103. The molecule has 35 heavy (non-hydrogen) atoms. The highest BCUT2D eigenvalue weighted by molar-refractivity contribution is 6.20. The number of pyridine rings is 1. The Hall–Kier alpha value is -4.33. The number of fused-ring (bicyclic) bond motifs is 5. The molecule has 0 saturated heterocycles. The molecule has 8 heteroatoms. The number of nitrogens with zero attached hydrogens (tertiary/aromatic N) is 1. The van der Waals surface area contributed by atoms with Crippen LogP contribution in [0.4, 0.5) is 4.39 Å². The van der Waals surface area contributed by atoms with Crippen molar-refractivity contribution < 1.29 is 28.1 Å². The van der Waals surface area contributed by atoms with Crippen molar-refractivity contribution in [2.75, 3.05) is 21.0 Å². The normalized spacial score (nSPS) is 13.3. The van der Waals surface area contributed by atoms with Gasteiger partial charge in [0, 0.05) is 17.5 Å². The van der Waals surface area contributed by atoms with Gasteiger partial charge in [0.25, 0.3) is 5.56 Å². The van der Waals surface area contributed by atoms with Gasteiger partial charge in [-0.15, -0.1) is 0 Å². The maximum Gasteiger partial charge on any atom is 0.262 e. The van der Waals surface area contributed by atoms with Crippen LogP contribution in [0.3, 0.4) is 0 Å². The summed E-state index contributed by atoms with van der Waals surface area (Å²) < 4.78 is 38.4. The quantitative estimate of drug-likeness (QED) is 0.411. The Balaban J connectivity index is 1.77. The lowest BCUT2D eigenvalue weighted by atomic mass is 9.87. The first kappa shape index (κ1) is 21.2. The lowest BCUT2D eigenvalue weighted by Gasteiger charge is -2.26. The first-order chi connectivity index (χ1) is 17.0. The number of hydrogen-bond donors (Lipinski definition) is 0. The van der Waals surface area contributed by atoms with Gasteiger partial charge in [0.2, 0.25) is 6.79 Å². The van der Waals surface area contributed by atoms with Gasteiger partial charge >= 0.3 is 0 Å². The summed E-state index contributed by atoms with van der Waals surface area (Å²) in [6.45, 7) is 0.426. The Morgan fingerprint density at radius 2 is 1.80 bits per heavy atom. The molecule has 0 fully saturated rings. The number of aryl methyl sites for hydroxylation is 1. The zero-order chi connectivity index (χ0) is 24.3. The van der Waals surface area contributed by atoms with Crippen LogP contribution < -0.4 is 24.5 Å². The fraction of sp³-hybridized carbons (Fsp3) is 0.185. The van der Waals surface area contributed by atoms with Crippen molar-refractivity contribution in [2.45, 2.75) is 13.0 Å². The van der Waals surface area contributed by atoms with Gasteiger partial charge in [-0.25, -0.2) is 4.39 Å². The lowest BCUT2D eigenvalue weighted by Crippen LogP contribution is -2.29. The van der Waals surface area contributed by atoms with Gasteiger partial charge in [-0.05, 0) is 48.4 Å². The summed E-state index contributed by atoms with van der Waals surface area (Å²) in [5.41, 5.74) is 1.81. The summed E-state index contributed by atoms with van der Waals surface area (Å²) >= 11 is 0. The summed E-state index contributed by atoms with van der Waals surface area (Å²) in [6, 6.07) is 12.8. The highest BCUT2D eigenvalue weighted by Crippen LogP contribution is 2.44. The van der Waals surface area contributed by atoms with Crippen molar-refractivity contribution in [2.24, 2.45) is 0 Å². The number of hydrogen-bond acceptors (Lipinski definition) is 6. The van der Waals surface area contributed by atoms with Crippen LogP contribution in [0, 0.1) is 5.82 Å². The van der Waals surface area contributed by atoms with Crippen molar-refractivity contribution in [1.82, 2.24) is 4.57 Å². The monoisotopic (exact) mass is 473 g/mol. The SMILES string of the molecule is COc1ccc2c(C(=O)c3ccccc3F)c3n(c(=O)c2c1OC)CCc1cc2c(cc1-3)OCO2. The van der Waals surface area contributed by atoms with Crippen molar-refractivity contribution in [3.63, 3.8) is 0 Å². The van der Waals surface area contributed by atoms with Gasteiger partial charge in [-0.1, -0.05) is 12.1 Å². The zero-order valence-corrected chi connectivity index (χ0v) is 19.0. The second-order valence-corrected chi connectivity index (χ2v) is 8.33. The van der Waals surface area contributed by atoms with Crippen molar-refractivity contribution >= 4 is 16.6 Å². The molecular weight excluding hydrogens is 453 g/mol. The molecule has 2 aliphatic heterocycles. The molecule has 7 nitrogen and oxygen atoms in total. The minimum atomic E-state index is -0.641. The number of ketones is 1. The van der Waals surface area contributed by atoms with Crippen molar-refractivity contribution in [3.8, 4) is 34.3 Å². The fourth-order valence-corrected chi connectivity index (χ4v) is 4.99. The standard InChI is InChI=1S/C27H20FNO6/c1-32-19-8-7-16-22(25(30)15-5-3-4-6-18(15)28)24-17-12-21-20(34-13-35-21)11-14(17)9-10-29(24)27(31)23(16)26(19)33-2/h3-8,11-12H,9-10,13H2,1-2H3. The molecule has 0 spiro atoms. The second kappa shape index (κ2) is 7.87. The number of aromatic nitrogens is 1. The average Bonchev–Trinajstić information content (AvgIpc) is 3.34. The molecular formula is C27H20FNO6. The number of halogens is 1. The van der Waals surface area contributed by atoms with E-state index in [1.54, 1.807) is 28.8 Å². The first-order valence-electron chi connectivity index (χ1n) is 11.1. The third kappa shape index (κ3) is 3.02. The zero-order valence-electron chi connectivity index (χ0n) is 19.0. The number of benzene rings is 3. The molecule has 0 N–H and O–H groups in total. The number of rotatable bonds is 4. The van der Waals surface area contributed by atoms with Crippen molar-refractivity contribution in [1.29, 1.82) is 0 Å². The molecule has 176 valence electrons. The molecule has 1 aromatic heterocycles. The molecule has 0 aliphatic carbocycles. The van der Waals surface area contributed by atoms with Gasteiger partial charge in [0.15, 0.2) is 28.8 Å². The first-order valence-corrected chi connectivity index (χ1v) is 11.1. The van der Waals surface area contributed by atoms with Gasteiger partial charge in [0.05, 0.1) is 36.4 Å². The van der Waals surface area contributed by atoms with Crippen LogP contribution in [0.2, 0.25) is 0 Å². The molecule has 0 saturated carbocycles. The smallest absolute Gasteiger partial charge is 0.262 e. The van der Waals surface area contributed by atoms with E-state index in [2.05, 4.69) is 0 Å². The highest BCUT2D eigenvalue weighted by Gasteiger charge is 2.32. The Morgan fingerprint density at radius 1 is 1.03 bits per heavy atom. The molecule has 0 atom stereocenters. The molecule has 0 amide bonds. The van der Waals surface area contributed by atoms with E-state index in [0.29, 0.717) is 46.9 Å². The van der Waals surface area contributed by atoms with E-state index in [4.69, 9.17) is 18.9 Å². The minimum Gasteiger partial charge on any atom is -0.493 e. The van der Waals surface area contributed by atoms with Crippen molar-refractivity contribution in [3.05, 3.63) is 81.4 Å². The molecule has 6 rings (SSSR count).